The molecule has 9 heteroatoms. The molecule has 2 N–H and O–H groups in total. The smallest absolute Gasteiger partial charge is 0.262 e. The number of nitrogens with zero attached hydrogens (tertiary/aromatic N) is 2. The van der Waals surface area contributed by atoms with Gasteiger partial charge in [0.05, 0.1) is 5.56 Å². The lowest BCUT2D eigenvalue weighted by molar-refractivity contribution is -0.118. The molecule has 3 rings (SSSR count). The molecule has 1 aromatic heterocycles. The fourth-order valence-electron chi connectivity index (χ4n) is 2.55. The molecule has 0 radical (unpaired) electrons. The van der Waals surface area contributed by atoms with Gasteiger partial charge in [0.2, 0.25) is 5.13 Å². The third kappa shape index (κ3) is 6.36. The van der Waals surface area contributed by atoms with Gasteiger partial charge in [0.1, 0.15) is 10.8 Å². The van der Waals surface area contributed by atoms with E-state index in [0.29, 0.717) is 22.1 Å². The van der Waals surface area contributed by atoms with Crippen molar-refractivity contribution in [1.29, 1.82) is 0 Å². The zero-order valence-electron chi connectivity index (χ0n) is 16.4. The Hall–Kier alpha value is -2.78. The number of benzene rings is 2. The van der Waals surface area contributed by atoms with Crippen molar-refractivity contribution in [3.63, 3.8) is 0 Å². The summed E-state index contributed by atoms with van der Waals surface area (Å²) in [5, 5.41) is 14.9. The lowest BCUT2D eigenvalue weighted by Crippen LogP contribution is -2.21. The molecule has 2 amide bonds. The summed E-state index contributed by atoms with van der Waals surface area (Å²) < 4.78 is 6.52. The number of aryl methyl sites for hydroxylation is 1. The number of para-hydroxylation sites is 1. The fraction of sp³-hybridized carbons (Fsp3) is 0.238. The largest absolute Gasteiger partial charge is 0.483 e. The maximum atomic E-state index is 12.7. The van der Waals surface area contributed by atoms with Crippen LogP contribution in [0.3, 0.4) is 0 Å². The SMILES string of the molecule is CCCCc1nnc(NC(=O)c2ccccc2OCC(=O)Nc2ccc(Br)cc2)s1. The summed E-state index contributed by atoms with van der Waals surface area (Å²) in [6.45, 7) is 1.89. The van der Waals surface area contributed by atoms with Crippen molar-refractivity contribution in [2.75, 3.05) is 17.2 Å². The second-order valence-electron chi connectivity index (χ2n) is 6.40. The van der Waals surface area contributed by atoms with Crippen LogP contribution in [0.2, 0.25) is 0 Å². The molecule has 0 saturated carbocycles. The fourth-order valence-corrected chi connectivity index (χ4v) is 3.59. The first-order valence-electron chi connectivity index (χ1n) is 9.46. The van der Waals surface area contributed by atoms with Crippen molar-refractivity contribution in [1.82, 2.24) is 10.2 Å². The highest BCUT2D eigenvalue weighted by atomic mass is 79.9. The van der Waals surface area contributed by atoms with Gasteiger partial charge in [-0.3, -0.25) is 14.9 Å². The van der Waals surface area contributed by atoms with Crippen LogP contribution >= 0.6 is 27.3 Å². The lowest BCUT2D eigenvalue weighted by Gasteiger charge is -2.11. The van der Waals surface area contributed by atoms with E-state index in [1.807, 2.05) is 12.1 Å². The van der Waals surface area contributed by atoms with E-state index < -0.39 is 0 Å². The number of carbonyl (C=O) groups is 2. The number of amides is 2. The lowest BCUT2D eigenvalue weighted by atomic mass is 10.2. The summed E-state index contributed by atoms with van der Waals surface area (Å²) in [5.41, 5.74) is 0.979. The summed E-state index contributed by atoms with van der Waals surface area (Å²) >= 11 is 4.71. The first kappa shape index (κ1) is 21.9. The predicted octanol–water partition coefficient (Wildman–Crippen LogP) is 4.91. The Balaban J connectivity index is 1.59. The Morgan fingerprint density at radius 3 is 2.60 bits per heavy atom. The van der Waals surface area contributed by atoms with Crippen LogP contribution < -0.4 is 15.4 Å². The average Bonchev–Trinajstić information content (AvgIpc) is 3.19. The van der Waals surface area contributed by atoms with E-state index in [-0.39, 0.29) is 18.4 Å². The van der Waals surface area contributed by atoms with Crippen molar-refractivity contribution in [3.05, 3.63) is 63.6 Å². The van der Waals surface area contributed by atoms with Crippen LogP contribution in [-0.4, -0.2) is 28.6 Å². The van der Waals surface area contributed by atoms with E-state index in [2.05, 4.69) is 43.7 Å². The minimum atomic E-state index is -0.364. The first-order chi connectivity index (χ1) is 14.5. The van der Waals surface area contributed by atoms with E-state index in [1.54, 1.807) is 36.4 Å². The van der Waals surface area contributed by atoms with Crippen molar-refractivity contribution < 1.29 is 14.3 Å². The third-order valence-corrected chi connectivity index (χ3v) is 5.48. The van der Waals surface area contributed by atoms with E-state index in [4.69, 9.17) is 4.74 Å². The second-order valence-corrected chi connectivity index (χ2v) is 8.38. The molecule has 0 unspecified atom stereocenters. The number of hydrogen-bond donors (Lipinski definition) is 2. The Labute approximate surface area is 187 Å². The third-order valence-electron chi connectivity index (χ3n) is 4.05. The zero-order chi connectivity index (χ0) is 21.3. The van der Waals surface area contributed by atoms with Gasteiger partial charge in [-0.1, -0.05) is 52.7 Å². The molecule has 7 nitrogen and oxygen atoms in total. The summed E-state index contributed by atoms with van der Waals surface area (Å²) in [7, 11) is 0. The van der Waals surface area contributed by atoms with Gasteiger partial charge in [0.25, 0.3) is 11.8 Å². The number of hydrogen-bond acceptors (Lipinski definition) is 6. The molecule has 30 heavy (non-hydrogen) atoms. The number of anilines is 2. The van der Waals surface area contributed by atoms with Gasteiger partial charge in [0.15, 0.2) is 6.61 Å². The molecule has 0 aliphatic heterocycles. The van der Waals surface area contributed by atoms with Crippen molar-refractivity contribution in [2.24, 2.45) is 0 Å². The average molecular weight is 489 g/mol. The maximum absolute atomic E-state index is 12.7. The minimum Gasteiger partial charge on any atom is -0.483 e. The first-order valence-corrected chi connectivity index (χ1v) is 11.1. The van der Waals surface area contributed by atoms with E-state index in [1.165, 1.54) is 11.3 Å². The van der Waals surface area contributed by atoms with Crippen molar-refractivity contribution >= 4 is 49.9 Å². The zero-order valence-corrected chi connectivity index (χ0v) is 18.8. The van der Waals surface area contributed by atoms with Gasteiger partial charge in [-0.05, 0) is 42.8 Å². The molecule has 0 atom stereocenters. The molecule has 0 aliphatic rings. The number of carbonyl (C=O) groups excluding carboxylic acids is 2. The monoisotopic (exact) mass is 488 g/mol. The second kappa shape index (κ2) is 10.8. The molecule has 0 spiro atoms. The quantitative estimate of drug-likeness (QED) is 0.446. The number of rotatable bonds is 9. The van der Waals surface area contributed by atoms with Gasteiger partial charge < -0.3 is 10.1 Å². The van der Waals surface area contributed by atoms with Crippen LogP contribution in [0.5, 0.6) is 5.75 Å². The Kier molecular flexibility index (Phi) is 7.92. The van der Waals surface area contributed by atoms with E-state index in [9.17, 15) is 9.59 Å². The van der Waals surface area contributed by atoms with Crippen LogP contribution in [0, 0.1) is 0 Å². The van der Waals surface area contributed by atoms with Gasteiger partial charge >= 0.3 is 0 Å². The summed E-state index contributed by atoms with van der Waals surface area (Å²) in [6, 6.07) is 14.0. The molecule has 3 aromatic rings. The van der Waals surface area contributed by atoms with Crippen LogP contribution in [0.25, 0.3) is 0 Å². The van der Waals surface area contributed by atoms with Crippen molar-refractivity contribution in [2.45, 2.75) is 26.2 Å². The van der Waals surface area contributed by atoms with Crippen LogP contribution in [-0.2, 0) is 11.2 Å². The molecular formula is C21H21BrN4O3S. The van der Waals surface area contributed by atoms with Crippen molar-refractivity contribution in [3.8, 4) is 5.75 Å². The van der Waals surface area contributed by atoms with Crippen LogP contribution in [0.4, 0.5) is 10.8 Å². The highest BCUT2D eigenvalue weighted by molar-refractivity contribution is 9.10. The molecule has 0 aliphatic carbocycles. The Morgan fingerprint density at radius 1 is 1.07 bits per heavy atom. The number of aromatic nitrogens is 2. The number of halogens is 1. The Morgan fingerprint density at radius 2 is 1.83 bits per heavy atom. The summed E-state index contributed by atoms with van der Waals surface area (Å²) in [4.78, 5) is 24.8. The molecule has 2 aromatic carbocycles. The number of ether oxygens (including phenoxy) is 1. The molecule has 0 bridgehead atoms. The molecule has 156 valence electrons. The topological polar surface area (TPSA) is 93.2 Å². The van der Waals surface area contributed by atoms with Gasteiger partial charge in [-0.15, -0.1) is 10.2 Å². The molecule has 1 heterocycles. The number of unbranched alkanes of at least 4 members (excludes halogenated alkanes) is 1. The summed E-state index contributed by atoms with van der Waals surface area (Å²) in [6.07, 6.45) is 2.94. The Bertz CT molecular complexity index is 1010. The van der Waals surface area contributed by atoms with Gasteiger partial charge in [-0.2, -0.15) is 0 Å². The normalized spacial score (nSPS) is 10.5. The molecular weight excluding hydrogens is 468 g/mol. The van der Waals surface area contributed by atoms with Crippen LogP contribution in [0.1, 0.15) is 35.1 Å². The van der Waals surface area contributed by atoms with E-state index >= 15 is 0 Å². The van der Waals surface area contributed by atoms with Crippen LogP contribution in [0.15, 0.2) is 53.0 Å². The number of nitrogens with one attached hydrogen (secondary N) is 2. The summed E-state index contributed by atoms with van der Waals surface area (Å²) in [5.74, 6) is -0.369. The van der Waals surface area contributed by atoms with Gasteiger partial charge in [0, 0.05) is 16.6 Å². The molecule has 0 fully saturated rings. The highest BCUT2D eigenvalue weighted by Crippen LogP contribution is 2.22. The predicted molar refractivity (Wildman–Crippen MR) is 121 cm³/mol. The highest BCUT2D eigenvalue weighted by Gasteiger charge is 2.15. The van der Waals surface area contributed by atoms with E-state index in [0.717, 1.165) is 28.7 Å². The maximum Gasteiger partial charge on any atom is 0.262 e. The van der Waals surface area contributed by atoms with Gasteiger partial charge in [-0.25, -0.2) is 0 Å². The standard InChI is InChI=1S/C21H21BrN4O3S/c1-2-3-8-19-25-26-21(30-19)24-20(28)16-6-4-5-7-17(16)29-13-18(27)23-15-11-9-14(22)10-12-15/h4-7,9-12H,2-3,8,13H2,1H3,(H,23,27)(H,24,26,28). The minimum absolute atomic E-state index is 0.222. The molecule has 0 saturated heterocycles.